The van der Waals surface area contributed by atoms with E-state index in [9.17, 15) is 4.79 Å². The summed E-state index contributed by atoms with van der Waals surface area (Å²) < 4.78 is 0. The number of amides is 1. The van der Waals surface area contributed by atoms with Crippen LogP contribution in [0.15, 0.2) is 42.5 Å². The van der Waals surface area contributed by atoms with Crippen molar-refractivity contribution in [2.45, 2.75) is 0 Å². The molecule has 0 atom stereocenters. The fraction of sp³-hybridized carbons (Fsp3) is 0.294. The lowest BCUT2D eigenvalue weighted by Gasteiger charge is -2.32. The fourth-order valence-electron chi connectivity index (χ4n) is 2.63. The molecule has 3 heteroatoms. The Kier molecular flexibility index (Phi) is 3.70. The van der Waals surface area contributed by atoms with Gasteiger partial charge in [0.25, 0.3) is 0 Å². The minimum absolute atomic E-state index is 0.120. The van der Waals surface area contributed by atoms with Crippen molar-refractivity contribution in [3.63, 3.8) is 0 Å². The van der Waals surface area contributed by atoms with Crippen molar-refractivity contribution in [1.29, 1.82) is 0 Å². The van der Waals surface area contributed by atoms with Gasteiger partial charge in [0.15, 0.2) is 0 Å². The van der Waals surface area contributed by atoms with Crippen molar-refractivity contribution in [3.8, 4) is 0 Å². The Balaban J connectivity index is 1.77. The summed E-state index contributed by atoms with van der Waals surface area (Å²) >= 11 is 0. The predicted octanol–water partition coefficient (Wildman–Crippen LogP) is 2.17. The van der Waals surface area contributed by atoms with Crippen molar-refractivity contribution < 1.29 is 4.79 Å². The summed E-state index contributed by atoms with van der Waals surface area (Å²) in [4.78, 5) is 16.6. The largest absolute Gasteiger partial charge is 0.340 e. The van der Waals surface area contributed by atoms with E-state index in [1.807, 2.05) is 29.2 Å². The van der Waals surface area contributed by atoms with Gasteiger partial charge in [-0.1, -0.05) is 42.5 Å². The Morgan fingerprint density at radius 2 is 1.70 bits per heavy atom. The summed E-state index contributed by atoms with van der Waals surface area (Å²) in [5.41, 5.74) is 1.01. The standard InChI is InChI=1S/C17H19N2O/c1-18-9-11-19(12-10-18)17(20)13-15-7-4-6-14-5-2-3-8-16(14)15/h2-8,13H,9-12H2,1H3. The van der Waals surface area contributed by atoms with Crippen LogP contribution in [0.5, 0.6) is 0 Å². The number of benzene rings is 2. The van der Waals surface area contributed by atoms with Gasteiger partial charge < -0.3 is 9.80 Å². The van der Waals surface area contributed by atoms with Gasteiger partial charge in [-0.05, 0) is 23.4 Å². The van der Waals surface area contributed by atoms with E-state index in [4.69, 9.17) is 0 Å². The van der Waals surface area contributed by atoms with Gasteiger partial charge >= 0.3 is 0 Å². The molecule has 0 unspecified atom stereocenters. The van der Waals surface area contributed by atoms with Gasteiger partial charge in [0.05, 0.1) is 6.42 Å². The molecule has 2 aromatic rings. The van der Waals surface area contributed by atoms with Gasteiger partial charge in [0, 0.05) is 26.2 Å². The van der Waals surface area contributed by atoms with Crippen LogP contribution in [0, 0.1) is 6.42 Å². The number of hydrogen-bond acceptors (Lipinski definition) is 2. The van der Waals surface area contributed by atoms with Crippen LogP contribution in [0.25, 0.3) is 10.8 Å². The van der Waals surface area contributed by atoms with Gasteiger partial charge in [0.2, 0.25) is 5.91 Å². The van der Waals surface area contributed by atoms with E-state index < -0.39 is 0 Å². The van der Waals surface area contributed by atoms with E-state index in [0.717, 1.165) is 37.1 Å². The van der Waals surface area contributed by atoms with E-state index >= 15 is 0 Å². The Morgan fingerprint density at radius 3 is 2.50 bits per heavy atom. The minimum Gasteiger partial charge on any atom is -0.340 e. The second kappa shape index (κ2) is 5.63. The van der Waals surface area contributed by atoms with E-state index in [-0.39, 0.29) is 5.91 Å². The molecule has 2 aromatic carbocycles. The highest BCUT2D eigenvalue weighted by Crippen LogP contribution is 2.20. The van der Waals surface area contributed by atoms with Crippen LogP contribution >= 0.6 is 0 Å². The smallest absolute Gasteiger partial charge is 0.231 e. The lowest BCUT2D eigenvalue weighted by atomic mass is 10.0. The fourth-order valence-corrected chi connectivity index (χ4v) is 2.63. The van der Waals surface area contributed by atoms with Crippen molar-refractivity contribution in [2.75, 3.05) is 33.2 Å². The number of carbonyl (C=O) groups excluding carboxylic acids is 1. The van der Waals surface area contributed by atoms with Gasteiger partial charge in [-0.3, -0.25) is 4.79 Å². The van der Waals surface area contributed by atoms with Gasteiger partial charge in [-0.25, -0.2) is 0 Å². The quantitative estimate of drug-likeness (QED) is 0.832. The number of piperazine rings is 1. The van der Waals surface area contributed by atoms with Crippen molar-refractivity contribution in [3.05, 3.63) is 54.4 Å². The molecule has 0 N–H and O–H groups in total. The lowest BCUT2D eigenvalue weighted by Crippen LogP contribution is -2.47. The zero-order valence-electron chi connectivity index (χ0n) is 11.7. The summed E-state index contributed by atoms with van der Waals surface area (Å²) in [6, 6.07) is 14.3. The predicted molar refractivity (Wildman–Crippen MR) is 81.4 cm³/mol. The second-order valence-electron chi connectivity index (χ2n) is 5.34. The maximum atomic E-state index is 12.4. The Morgan fingerprint density at radius 1 is 1.00 bits per heavy atom. The number of hydrogen-bond donors (Lipinski definition) is 0. The molecule has 1 fully saturated rings. The minimum atomic E-state index is 0.120. The third kappa shape index (κ3) is 2.68. The van der Waals surface area contributed by atoms with E-state index in [0.29, 0.717) is 0 Å². The number of fused-ring (bicyclic) bond motifs is 1. The topological polar surface area (TPSA) is 23.6 Å². The van der Waals surface area contributed by atoms with Crippen LogP contribution in [0.1, 0.15) is 5.56 Å². The molecule has 0 saturated carbocycles. The first-order valence-electron chi connectivity index (χ1n) is 7.04. The van der Waals surface area contributed by atoms with Crippen LogP contribution in [0.3, 0.4) is 0 Å². The molecular weight excluding hydrogens is 248 g/mol. The second-order valence-corrected chi connectivity index (χ2v) is 5.34. The van der Waals surface area contributed by atoms with Crippen LogP contribution < -0.4 is 0 Å². The van der Waals surface area contributed by atoms with Crippen molar-refractivity contribution >= 4 is 16.7 Å². The molecule has 1 heterocycles. The molecule has 1 aliphatic heterocycles. The number of nitrogens with zero attached hydrogens (tertiary/aromatic N) is 2. The van der Waals surface area contributed by atoms with Gasteiger partial charge in [-0.15, -0.1) is 0 Å². The van der Waals surface area contributed by atoms with Crippen LogP contribution in [0.2, 0.25) is 0 Å². The molecular formula is C17H19N2O. The van der Waals surface area contributed by atoms with Crippen molar-refractivity contribution in [1.82, 2.24) is 9.80 Å². The molecule has 0 bridgehead atoms. The zero-order valence-corrected chi connectivity index (χ0v) is 11.7. The Labute approximate surface area is 119 Å². The monoisotopic (exact) mass is 267 g/mol. The van der Waals surface area contributed by atoms with Crippen LogP contribution in [-0.4, -0.2) is 48.9 Å². The average Bonchev–Trinajstić information content (AvgIpc) is 2.48. The van der Waals surface area contributed by atoms with E-state index in [2.05, 4.69) is 30.1 Å². The molecule has 20 heavy (non-hydrogen) atoms. The van der Waals surface area contributed by atoms with Gasteiger partial charge in [-0.2, -0.15) is 0 Å². The third-order valence-electron chi connectivity index (χ3n) is 3.92. The normalized spacial score (nSPS) is 16.6. The maximum absolute atomic E-state index is 12.4. The average molecular weight is 267 g/mol. The maximum Gasteiger partial charge on any atom is 0.231 e. The van der Waals surface area contributed by atoms with Crippen LogP contribution in [-0.2, 0) is 4.79 Å². The zero-order chi connectivity index (χ0) is 13.9. The molecule has 1 radical (unpaired) electrons. The molecule has 0 aromatic heterocycles. The SMILES string of the molecule is CN1CCN(C(=O)[CH]c2cccc3ccccc23)CC1. The summed E-state index contributed by atoms with van der Waals surface area (Å²) in [5, 5.41) is 2.31. The highest BCUT2D eigenvalue weighted by molar-refractivity contribution is 5.96. The Bertz CT molecular complexity index is 610. The molecule has 1 aliphatic rings. The summed E-state index contributed by atoms with van der Waals surface area (Å²) in [5.74, 6) is 0.120. The number of rotatable bonds is 2. The Hall–Kier alpha value is -1.87. The summed E-state index contributed by atoms with van der Waals surface area (Å²) in [6.45, 7) is 3.54. The van der Waals surface area contributed by atoms with Crippen LogP contribution in [0.4, 0.5) is 0 Å². The molecule has 3 nitrogen and oxygen atoms in total. The van der Waals surface area contributed by atoms with E-state index in [1.165, 1.54) is 5.39 Å². The lowest BCUT2D eigenvalue weighted by molar-refractivity contribution is -0.128. The highest BCUT2D eigenvalue weighted by Gasteiger charge is 2.19. The molecule has 0 aliphatic carbocycles. The highest BCUT2D eigenvalue weighted by atomic mass is 16.2. The molecule has 3 rings (SSSR count). The summed E-state index contributed by atoms with van der Waals surface area (Å²) in [7, 11) is 2.09. The molecule has 0 spiro atoms. The van der Waals surface area contributed by atoms with E-state index in [1.54, 1.807) is 6.42 Å². The van der Waals surface area contributed by atoms with Gasteiger partial charge in [0.1, 0.15) is 0 Å². The first-order chi connectivity index (χ1) is 9.74. The third-order valence-corrected chi connectivity index (χ3v) is 3.92. The molecule has 1 saturated heterocycles. The number of carbonyl (C=O) groups is 1. The first-order valence-corrected chi connectivity index (χ1v) is 7.04. The van der Waals surface area contributed by atoms with Crippen molar-refractivity contribution in [2.24, 2.45) is 0 Å². The molecule has 1 amide bonds. The molecule has 103 valence electrons. The first kappa shape index (κ1) is 13.1. The number of likely N-dealkylation sites (N-methyl/N-ethyl adjacent to an activating group) is 1. The summed E-state index contributed by atoms with van der Waals surface area (Å²) in [6.07, 6.45) is 1.77.